The number of hydrogen-bond donors (Lipinski definition) is 1. The molecule has 2 aliphatic rings. The van der Waals surface area contributed by atoms with E-state index in [0.29, 0.717) is 29.5 Å². The normalized spacial score (nSPS) is 18.9. The Morgan fingerprint density at radius 2 is 1.90 bits per heavy atom. The lowest BCUT2D eigenvalue weighted by Gasteiger charge is -2.32. The standard InChI is InChI=1S/C22H26N4O3/c1-29-20-9-7-17(13-24-20)22(28)26-10-2-3-18(14-26)19-8-6-16(12-23-19)21(27)25-11-15-4-5-15/h6-9,12-13,15,18H,2-5,10-11,14H2,1H3,(H,25,27). The molecule has 2 amide bonds. The van der Waals surface area contributed by atoms with Gasteiger partial charge in [0.1, 0.15) is 0 Å². The van der Waals surface area contributed by atoms with E-state index in [0.717, 1.165) is 31.6 Å². The van der Waals surface area contributed by atoms with Crippen molar-refractivity contribution in [2.45, 2.75) is 31.6 Å². The predicted octanol–water partition coefficient (Wildman–Crippen LogP) is 2.64. The van der Waals surface area contributed by atoms with Gasteiger partial charge < -0.3 is 15.0 Å². The number of hydrogen-bond acceptors (Lipinski definition) is 5. The lowest BCUT2D eigenvalue weighted by atomic mass is 9.93. The minimum Gasteiger partial charge on any atom is -0.481 e. The van der Waals surface area contributed by atoms with E-state index < -0.39 is 0 Å². The van der Waals surface area contributed by atoms with Crippen LogP contribution in [-0.4, -0.2) is 53.4 Å². The first-order valence-corrected chi connectivity index (χ1v) is 10.2. The molecular weight excluding hydrogens is 368 g/mol. The number of piperidine rings is 1. The molecule has 0 bridgehead atoms. The molecule has 1 saturated carbocycles. The molecule has 0 spiro atoms. The fourth-order valence-electron chi connectivity index (χ4n) is 3.66. The van der Waals surface area contributed by atoms with Crippen LogP contribution >= 0.6 is 0 Å². The number of aromatic nitrogens is 2. The number of ether oxygens (including phenoxy) is 1. The second kappa shape index (κ2) is 8.59. The maximum Gasteiger partial charge on any atom is 0.255 e. The lowest BCUT2D eigenvalue weighted by molar-refractivity contribution is 0.0705. The van der Waals surface area contributed by atoms with E-state index >= 15 is 0 Å². The Morgan fingerprint density at radius 1 is 1.10 bits per heavy atom. The molecule has 2 fully saturated rings. The number of amides is 2. The molecule has 0 radical (unpaired) electrons. The van der Waals surface area contributed by atoms with Crippen LogP contribution in [0.2, 0.25) is 0 Å². The monoisotopic (exact) mass is 394 g/mol. The summed E-state index contributed by atoms with van der Waals surface area (Å²) in [7, 11) is 1.55. The number of pyridine rings is 2. The van der Waals surface area contributed by atoms with Crippen LogP contribution in [0.25, 0.3) is 0 Å². The average molecular weight is 394 g/mol. The second-order valence-electron chi connectivity index (χ2n) is 7.80. The van der Waals surface area contributed by atoms with Crippen molar-refractivity contribution in [3.05, 3.63) is 53.5 Å². The van der Waals surface area contributed by atoms with Gasteiger partial charge in [-0.25, -0.2) is 4.98 Å². The highest BCUT2D eigenvalue weighted by molar-refractivity contribution is 5.94. The Labute approximate surface area is 170 Å². The maximum atomic E-state index is 12.8. The van der Waals surface area contributed by atoms with Crippen molar-refractivity contribution >= 4 is 11.8 Å². The van der Waals surface area contributed by atoms with Crippen LogP contribution in [0.4, 0.5) is 0 Å². The van der Waals surface area contributed by atoms with Crippen molar-refractivity contribution < 1.29 is 14.3 Å². The number of methoxy groups -OCH3 is 1. The van der Waals surface area contributed by atoms with Crippen LogP contribution in [0.5, 0.6) is 5.88 Å². The van der Waals surface area contributed by atoms with Crippen LogP contribution in [-0.2, 0) is 0 Å². The third kappa shape index (κ3) is 4.72. The summed E-state index contributed by atoms with van der Waals surface area (Å²) >= 11 is 0. The molecule has 2 aromatic rings. The Bertz CT molecular complexity index is 863. The third-order valence-electron chi connectivity index (χ3n) is 5.62. The zero-order valence-electron chi connectivity index (χ0n) is 16.6. The molecule has 7 nitrogen and oxygen atoms in total. The SMILES string of the molecule is COc1ccc(C(=O)N2CCCC(c3ccc(C(=O)NCC4CC4)cn3)C2)cn1. The van der Waals surface area contributed by atoms with E-state index in [2.05, 4.69) is 15.3 Å². The van der Waals surface area contributed by atoms with Crippen LogP contribution in [0, 0.1) is 5.92 Å². The maximum absolute atomic E-state index is 12.8. The zero-order chi connectivity index (χ0) is 20.2. The zero-order valence-corrected chi connectivity index (χ0v) is 16.6. The van der Waals surface area contributed by atoms with E-state index in [-0.39, 0.29) is 17.7 Å². The number of carbonyl (C=O) groups excluding carboxylic acids is 2. The number of nitrogens with one attached hydrogen (secondary N) is 1. The fraction of sp³-hybridized carbons (Fsp3) is 0.455. The van der Waals surface area contributed by atoms with E-state index in [1.165, 1.54) is 12.8 Å². The quantitative estimate of drug-likeness (QED) is 0.814. The first kappa shape index (κ1) is 19.4. The molecule has 0 aromatic carbocycles. The van der Waals surface area contributed by atoms with Crippen LogP contribution in [0.1, 0.15) is 58.0 Å². The first-order chi connectivity index (χ1) is 14.1. The second-order valence-corrected chi connectivity index (χ2v) is 7.80. The van der Waals surface area contributed by atoms with E-state index in [4.69, 9.17) is 4.74 Å². The number of rotatable bonds is 6. The minimum absolute atomic E-state index is 0.0269. The molecule has 2 aromatic heterocycles. The molecule has 1 atom stereocenters. The molecule has 1 aliphatic carbocycles. The number of carbonyl (C=O) groups is 2. The lowest BCUT2D eigenvalue weighted by Crippen LogP contribution is -2.39. The van der Waals surface area contributed by atoms with Gasteiger partial charge in [-0.3, -0.25) is 14.6 Å². The van der Waals surface area contributed by atoms with Gasteiger partial charge in [-0.15, -0.1) is 0 Å². The Morgan fingerprint density at radius 3 is 2.55 bits per heavy atom. The highest BCUT2D eigenvalue weighted by Crippen LogP contribution is 2.28. The first-order valence-electron chi connectivity index (χ1n) is 10.2. The average Bonchev–Trinajstić information content (AvgIpc) is 3.62. The largest absolute Gasteiger partial charge is 0.481 e. The van der Waals surface area contributed by atoms with E-state index in [1.807, 2.05) is 17.0 Å². The highest BCUT2D eigenvalue weighted by Gasteiger charge is 2.27. The Kier molecular flexibility index (Phi) is 5.74. The summed E-state index contributed by atoms with van der Waals surface area (Å²) in [6.45, 7) is 2.09. The van der Waals surface area contributed by atoms with Crippen LogP contribution in [0.15, 0.2) is 36.7 Å². The van der Waals surface area contributed by atoms with Gasteiger partial charge in [0.2, 0.25) is 5.88 Å². The summed E-state index contributed by atoms with van der Waals surface area (Å²) in [5.41, 5.74) is 2.07. The molecule has 1 aliphatic heterocycles. The van der Waals surface area contributed by atoms with Crippen molar-refractivity contribution in [2.75, 3.05) is 26.7 Å². The summed E-state index contributed by atoms with van der Waals surface area (Å²) < 4.78 is 5.05. The Hall–Kier alpha value is -2.96. The molecule has 3 heterocycles. The van der Waals surface area contributed by atoms with Gasteiger partial charge >= 0.3 is 0 Å². The topological polar surface area (TPSA) is 84.4 Å². The van der Waals surface area contributed by atoms with Gasteiger partial charge in [-0.05, 0) is 49.8 Å². The summed E-state index contributed by atoms with van der Waals surface area (Å²) in [6.07, 6.45) is 7.52. The molecule has 4 rings (SSSR count). The van der Waals surface area contributed by atoms with Crippen LogP contribution in [0.3, 0.4) is 0 Å². The summed E-state index contributed by atoms with van der Waals surface area (Å²) in [5.74, 6) is 1.22. The molecule has 1 unspecified atom stereocenters. The van der Waals surface area contributed by atoms with Gasteiger partial charge in [-0.1, -0.05) is 0 Å². The molecule has 1 saturated heterocycles. The molecule has 29 heavy (non-hydrogen) atoms. The fourth-order valence-corrected chi connectivity index (χ4v) is 3.66. The number of likely N-dealkylation sites (tertiary alicyclic amines) is 1. The summed E-state index contributed by atoms with van der Waals surface area (Å²) in [4.78, 5) is 35.5. The smallest absolute Gasteiger partial charge is 0.255 e. The van der Waals surface area contributed by atoms with Crippen LogP contribution < -0.4 is 10.1 Å². The van der Waals surface area contributed by atoms with Gasteiger partial charge in [0.05, 0.1) is 18.2 Å². The van der Waals surface area contributed by atoms with Gasteiger partial charge in [0.25, 0.3) is 11.8 Å². The van der Waals surface area contributed by atoms with Gasteiger partial charge in [-0.2, -0.15) is 0 Å². The van der Waals surface area contributed by atoms with Crippen molar-refractivity contribution in [1.29, 1.82) is 0 Å². The van der Waals surface area contributed by atoms with Crippen molar-refractivity contribution in [3.8, 4) is 5.88 Å². The third-order valence-corrected chi connectivity index (χ3v) is 5.62. The molecule has 1 N–H and O–H groups in total. The minimum atomic E-state index is -0.0663. The summed E-state index contributed by atoms with van der Waals surface area (Å²) in [6, 6.07) is 7.19. The van der Waals surface area contributed by atoms with Gasteiger partial charge in [0, 0.05) is 49.7 Å². The molecule has 7 heteroatoms. The Balaban J connectivity index is 1.38. The molecule has 152 valence electrons. The molecular formula is C22H26N4O3. The number of nitrogens with zero attached hydrogens (tertiary/aromatic N) is 3. The highest BCUT2D eigenvalue weighted by atomic mass is 16.5. The van der Waals surface area contributed by atoms with E-state index in [9.17, 15) is 9.59 Å². The summed E-state index contributed by atoms with van der Waals surface area (Å²) in [5, 5.41) is 2.96. The van der Waals surface area contributed by atoms with Gasteiger partial charge in [0.15, 0.2) is 0 Å². The van der Waals surface area contributed by atoms with Crippen molar-refractivity contribution in [1.82, 2.24) is 20.2 Å². The van der Waals surface area contributed by atoms with E-state index in [1.54, 1.807) is 31.6 Å². The van der Waals surface area contributed by atoms with Crippen molar-refractivity contribution in [3.63, 3.8) is 0 Å². The van der Waals surface area contributed by atoms with Crippen molar-refractivity contribution in [2.24, 2.45) is 5.92 Å². The predicted molar refractivity (Wildman–Crippen MR) is 108 cm³/mol.